The second-order valence-electron chi connectivity index (χ2n) is 25.2. The molecule has 0 aliphatic heterocycles. The van der Waals surface area contributed by atoms with E-state index in [2.05, 4.69) is 225 Å². The van der Waals surface area contributed by atoms with Gasteiger partial charge in [-0.15, -0.1) is 0 Å². The number of hydrogen-bond donors (Lipinski definition) is 0. The van der Waals surface area contributed by atoms with Gasteiger partial charge in [0, 0.05) is 622 Å². The van der Waals surface area contributed by atoms with Crippen molar-refractivity contribution < 1.29 is 559 Å². The van der Waals surface area contributed by atoms with Crippen LogP contribution in [0.25, 0.3) is 176 Å². The van der Waals surface area contributed by atoms with E-state index in [0.29, 0.717) is 0 Å². The average Bonchev–Trinajstić information content (AvgIpc) is 1.59. The second-order valence-corrected chi connectivity index (χ2v) is 25.2. The van der Waals surface area contributed by atoms with Crippen LogP contribution in [-0.4, -0.2) is 0 Å². The van der Waals surface area contributed by atoms with Gasteiger partial charge in [0.05, 0.1) is 0 Å². The zero-order chi connectivity index (χ0) is 75.6. The molecular formula is C110H146O8Y16-6. The Hall–Kier alpha value is 6.70. The predicted molar refractivity (Wildman–Crippen MR) is 537 cm³/mol. The van der Waals surface area contributed by atoms with E-state index >= 15 is 0 Å². The minimum Gasteiger partial charge on any atom is -0.456 e. The number of fused-ring (bicyclic) bond motifs is 26. The van der Waals surface area contributed by atoms with Gasteiger partial charge >= 0.3 is 0 Å². The fourth-order valence-corrected chi connectivity index (χ4v) is 14.1. The van der Waals surface area contributed by atoms with Crippen molar-refractivity contribution in [3.05, 3.63) is 283 Å². The fourth-order valence-electron chi connectivity index (χ4n) is 14.1. The molecule has 134 heavy (non-hydrogen) atoms. The monoisotopic (exact) mass is 3020 g/mol. The van der Waals surface area contributed by atoms with Crippen LogP contribution in [0.15, 0.2) is 229 Å². The van der Waals surface area contributed by atoms with Crippen LogP contribution in [0, 0.1) is 58.4 Å². The van der Waals surface area contributed by atoms with Gasteiger partial charge < -0.3 is 79.9 Å². The van der Waals surface area contributed by atoms with Gasteiger partial charge in [-0.2, -0.15) is 0 Å². The van der Waals surface area contributed by atoms with Gasteiger partial charge in [-0.25, -0.2) is 0 Å². The molecule has 16 radical (unpaired) electrons. The maximum absolute atomic E-state index is 6.16. The van der Waals surface area contributed by atoms with Gasteiger partial charge in [-0.05, 0) is 219 Å². The van der Waals surface area contributed by atoms with Crippen molar-refractivity contribution in [1.82, 2.24) is 0 Å². The van der Waals surface area contributed by atoms with Gasteiger partial charge in [-0.3, -0.25) is 0 Å². The van der Waals surface area contributed by atoms with Crippen molar-refractivity contribution in [2.45, 2.75) is 222 Å². The molecule has 20 rings (SSSR count). The normalized spacial score (nSPS) is 8.75. The zero-order valence-corrected chi connectivity index (χ0v) is 127. The Morgan fingerprint density at radius 1 is 0.149 bits per heavy atom. The first kappa shape index (κ1) is 182. The van der Waals surface area contributed by atoms with Gasteiger partial charge in [0.25, 0.3) is 0 Å². The molecule has 8 heterocycles. The Kier molecular flexibility index (Phi) is 123. The first-order valence-corrected chi connectivity index (χ1v) is 39.2. The molecule has 24 heteroatoms. The standard InChI is InChI=1S/2C22H18O2.2C21H16O2.6C2H6.6CH4.6CH3.16Y/c1-3-13-5-9-19-17(11-13)15-7-8-16-18-12-14(4-2)6-10-20(18)24-22(16)21(15)23-19;1-3-13-5-7-19-15(9-13)17-11-18-16-10-14(4-2)6-8-20(16)24-22(18)12-21(17)23-19;1-3-13-5-9-19-17(11-13)15-7-6-14-16-10-12(2)4-8-18(16)22-20(14)21(15)23-19;1-3-13-5-7-19-15(9-13)17-10-16-14-8-12(2)4-6-18(14)22-20(16)11-21(17)23-19;6*1-2;;;;;;;;;;;;;;;;;;;;;;;;;;;;/h2*5-12H,3-4H2,1-2H3;2*4-11H,3H2,1-2H3;6*1-2H3;6*1H4;6*1H3;;;;;;;;;;;;;;;;/q;;;;;;;;;;;;;;;;6*-1;;;;;;;;;;;;;;;;. The molecule has 0 aliphatic carbocycles. The molecule has 20 aromatic rings. The van der Waals surface area contributed by atoms with E-state index < -0.39 is 0 Å². The van der Waals surface area contributed by atoms with Crippen molar-refractivity contribution in [3.63, 3.8) is 0 Å². The fraction of sp³-hybridized carbons (Fsp3) is 0.291. The molecule has 0 saturated carbocycles. The molecule has 0 unspecified atom stereocenters. The van der Waals surface area contributed by atoms with Crippen LogP contribution in [0.4, 0.5) is 0 Å². The van der Waals surface area contributed by atoms with Crippen LogP contribution in [0.1, 0.15) is 214 Å². The van der Waals surface area contributed by atoms with Crippen molar-refractivity contribution in [3.8, 4) is 0 Å². The molecule has 8 nitrogen and oxygen atoms in total. The third kappa shape index (κ3) is 41.2. The van der Waals surface area contributed by atoms with E-state index in [0.717, 1.165) is 182 Å². The Morgan fingerprint density at radius 2 is 0.284 bits per heavy atom. The number of hydrogen-bond acceptors (Lipinski definition) is 8. The van der Waals surface area contributed by atoms with Crippen LogP contribution in [0.3, 0.4) is 0 Å². The summed E-state index contributed by atoms with van der Waals surface area (Å²) in [6.45, 7) is 41.3. The van der Waals surface area contributed by atoms with E-state index in [-0.39, 0.29) is 612 Å². The van der Waals surface area contributed by atoms with Crippen molar-refractivity contribution in [2.24, 2.45) is 0 Å². The maximum atomic E-state index is 6.16. The van der Waals surface area contributed by atoms with E-state index in [4.69, 9.17) is 35.3 Å². The molecular weight excluding hydrogens is 2870 g/mol. The van der Waals surface area contributed by atoms with E-state index in [1.807, 2.05) is 107 Å². The maximum Gasteiger partial charge on any atom is 0.178 e. The first-order chi connectivity index (χ1) is 52.0. The van der Waals surface area contributed by atoms with Gasteiger partial charge in [0.1, 0.15) is 67.0 Å². The largest absolute Gasteiger partial charge is 0.456 e. The molecule has 0 bridgehead atoms. The number of rotatable bonds is 6. The van der Waals surface area contributed by atoms with E-state index in [9.17, 15) is 0 Å². The second kappa shape index (κ2) is 90.1. The third-order valence-electron chi connectivity index (χ3n) is 19.4. The first-order valence-electron chi connectivity index (χ1n) is 39.2. The molecule has 0 spiro atoms. The van der Waals surface area contributed by atoms with Crippen LogP contribution in [0.5, 0.6) is 0 Å². The predicted octanol–water partition coefficient (Wildman–Crippen LogP) is 38.6. The van der Waals surface area contributed by atoms with E-state index in [1.165, 1.54) is 76.8 Å². The topological polar surface area (TPSA) is 105 Å². The van der Waals surface area contributed by atoms with Crippen LogP contribution < -0.4 is 0 Å². The molecule has 0 fully saturated rings. The van der Waals surface area contributed by atoms with Gasteiger partial charge in [0.15, 0.2) is 22.3 Å². The SMILES string of the molecule is C.C.C.C.C.C.CC.CC.CC.CC.CC.CC.CCc1ccc2oc3c(ccc4c5cc(C)ccc5oc43)c2c1.CCc1ccc2oc3c(ccc4c5cc(CC)ccc5oc43)c2c1.CCc1ccc2oc3cc4oc5ccc(C)cc5c4cc3c2c1.CCc1ccc2oc3cc4oc5ccc(CC)cc5c4cc3c2c1.[CH3-].[CH3-].[CH3-].[CH3-].[CH3-].[CH3-].[Y].[Y].[Y].[Y].[Y].[Y].[Y].[Y].[Y].[Y].[Y].[Y].[Y].[Y].[Y].[Y]. The average molecular weight is 3020 g/mol. The summed E-state index contributed by atoms with van der Waals surface area (Å²) in [5.41, 5.74) is 24.8. The summed E-state index contributed by atoms with van der Waals surface area (Å²) in [4.78, 5) is 0. The van der Waals surface area contributed by atoms with Crippen LogP contribution in [0.2, 0.25) is 0 Å². The van der Waals surface area contributed by atoms with Crippen LogP contribution in [-0.2, 0) is 562 Å². The Morgan fingerprint density at radius 3 is 0.455 bits per heavy atom. The van der Waals surface area contributed by atoms with Crippen LogP contribution >= 0.6 is 0 Å². The van der Waals surface area contributed by atoms with Crippen molar-refractivity contribution >= 4 is 176 Å². The Balaban J connectivity index is -0.0000000755. The van der Waals surface area contributed by atoms with Crippen molar-refractivity contribution in [2.75, 3.05) is 0 Å². The smallest absolute Gasteiger partial charge is 0.178 e. The van der Waals surface area contributed by atoms with Gasteiger partial charge in [-0.1, -0.05) is 229 Å². The van der Waals surface area contributed by atoms with E-state index in [1.54, 1.807) is 0 Å². The number of benzene rings is 12. The molecule has 0 atom stereocenters. The Labute approximate surface area is 1210 Å². The van der Waals surface area contributed by atoms with Gasteiger partial charge in [0.2, 0.25) is 0 Å². The minimum absolute atomic E-state index is 0. The summed E-state index contributed by atoms with van der Waals surface area (Å²) < 4.78 is 48.7. The Bertz CT molecular complexity index is 6290. The summed E-state index contributed by atoms with van der Waals surface area (Å²) in [5, 5.41) is 18.5. The summed E-state index contributed by atoms with van der Waals surface area (Å²) in [7, 11) is 0. The third-order valence-corrected chi connectivity index (χ3v) is 19.4. The number of aryl methyl sites for hydroxylation is 8. The summed E-state index contributed by atoms with van der Waals surface area (Å²) in [5.74, 6) is 0. The molecule has 12 aromatic carbocycles. The summed E-state index contributed by atoms with van der Waals surface area (Å²) in [6, 6.07) is 68.3. The summed E-state index contributed by atoms with van der Waals surface area (Å²) >= 11 is 0. The quantitative estimate of drug-likeness (QED) is 0.152. The van der Waals surface area contributed by atoms with Crippen molar-refractivity contribution in [1.29, 1.82) is 0 Å². The minimum atomic E-state index is 0. The molecule has 8 aromatic heterocycles. The summed E-state index contributed by atoms with van der Waals surface area (Å²) in [6.07, 6.45) is 6.15. The zero-order valence-electron chi connectivity index (χ0n) is 81.2. The number of furan rings is 8. The molecule has 688 valence electrons. The molecule has 0 aliphatic rings. The molecule has 0 saturated heterocycles. The molecule has 0 amide bonds. The molecule has 0 N–H and O–H groups in total.